The van der Waals surface area contributed by atoms with Gasteiger partial charge in [-0.25, -0.2) is 0 Å². The van der Waals surface area contributed by atoms with Crippen LogP contribution in [0.5, 0.6) is 0 Å². The lowest BCUT2D eigenvalue weighted by Gasteiger charge is -2.39. The minimum Gasteiger partial charge on any atom is -0.394 e. The summed E-state index contributed by atoms with van der Waals surface area (Å²) < 4.78 is 5.28. The summed E-state index contributed by atoms with van der Waals surface area (Å²) in [5.74, 6) is 0.153. The Morgan fingerprint density at radius 2 is 2.50 bits per heavy atom. The van der Waals surface area contributed by atoms with Crippen molar-refractivity contribution in [3.05, 3.63) is 0 Å². The number of aliphatic hydroxyl groups excluding tert-OH is 1. The fraction of sp³-hybridized carbons (Fsp3) is 0.909. The monoisotopic (exact) mass is 228 g/mol. The molecule has 2 saturated heterocycles. The number of ether oxygens (including phenoxy) is 1. The van der Waals surface area contributed by atoms with E-state index in [-0.39, 0.29) is 24.0 Å². The van der Waals surface area contributed by atoms with Crippen molar-refractivity contribution in [1.82, 2.24) is 10.2 Å². The van der Waals surface area contributed by atoms with E-state index in [0.29, 0.717) is 19.8 Å². The summed E-state index contributed by atoms with van der Waals surface area (Å²) in [4.78, 5) is 14.2. The summed E-state index contributed by atoms with van der Waals surface area (Å²) >= 11 is 0. The van der Waals surface area contributed by atoms with Crippen LogP contribution in [0.1, 0.15) is 13.3 Å². The van der Waals surface area contributed by atoms with Crippen LogP contribution in [0.3, 0.4) is 0 Å². The minimum absolute atomic E-state index is 0.0186. The van der Waals surface area contributed by atoms with Crippen molar-refractivity contribution < 1.29 is 14.6 Å². The number of nitrogens with zero attached hydrogens (tertiary/aromatic N) is 1. The van der Waals surface area contributed by atoms with Crippen molar-refractivity contribution in [3.63, 3.8) is 0 Å². The van der Waals surface area contributed by atoms with Crippen molar-refractivity contribution in [3.8, 4) is 0 Å². The fourth-order valence-electron chi connectivity index (χ4n) is 2.42. The van der Waals surface area contributed by atoms with Gasteiger partial charge in [-0.1, -0.05) is 0 Å². The molecule has 2 unspecified atom stereocenters. The molecule has 2 heterocycles. The summed E-state index contributed by atoms with van der Waals surface area (Å²) in [7, 11) is 0. The first kappa shape index (κ1) is 11.8. The Balaban J connectivity index is 2.07. The Morgan fingerprint density at radius 1 is 1.69 bits per heavy atom. The lowest BCUT2D eigenvalue weighted by molar-refractivity contribution is -0.150. The first-order valence-corrected chi connectivity index (χ1v) is 5.88. The molecule has 2 aliphatic heterocycles. The maximum Gasteiger partial charge on any atom is 0.230 e. The van der Waals surface area contributed by atoms with Crippen LogP contribution < -0.4 is 5.32 Å². The maximum absolute atomic E-state index is 12.4. The number of hydrogen-bond acceptors (Lipinski definition) is 4. The smallest absolute Gasteiger partial charge is 0.230 e. The normalized spacial score (nSPS) is 35.4. The quantitative estimate of drug-likeness (QED) is 0.650. The number of aliphatic hydroxyl groups is 1. The molecule has 16 heavy (non-hydrogen) atoms. The van der Waals surface area contributed by atoms with Gasteiger partial charge in [0.25, 0.3) is 0 Å². The summed E-state index contributed by atoms with van der Waals surface area (Å²) in [6, 6.07) is -0.168. The lowest BCUT2D eigenvalue weighted by atomic mass is 9.87. The van der Waals surface area contributed by atoms with Gasteiger partial charge in [-0.3, -0.25) is 4.79 Å². The van der Waals surface area contributed by atoms with Gasteiger partial charge in [-0.05, 0) is 19.9 Å². The second-order valence-electron chi connectivity index (χ2n) is 4.90. The van der Waals surface area contributed by atoms with E-state index in [2.05, 4.69) is 5.32 Å². The van der Waals surface area contributed by atoms with Crippen LogP contribution in [0, 0.1) is 5.41 Å². The lowest BCUT2D eigenvalue weighted by Crippen LogP contribution is -2.55. The first-order valence-electron chi connectivity index (χ1n) is 5.88. The summed E-state index contributed by atoms with van der Waals surface area (Å²) in [5, 5.41) is 12.5. The fourth-order valence-corrected chi connectivity index (χ4v) is 2.42. The molecule has 0 spiro atoms. The summed E-state index contributed by atoms with van der Waals surface area (Å²) in [6.07, 6.45) is 0.876. The van der Waals surface area contributed by atoms with Crippen molar-refractivity contribution >= 4 is 5.91 Å². The summed E-state index contributed by atoms with van der Waals surface area (Å²) in [6.45, 7) is 5.24. The maximum atomic E-state index is 12.4. The van der Waals surface area contributed by atoms with Gasteiger partial charge in [0.05, 0.1) is 31.3 Å². The van der Waals surface area contributed by atoms with Crippen LogP contribution in [0.25, 0.3) is 0 Å². The topological polar surface area (TPSA) is 61.8 Å². The molecule has 1 amide bonds. The van der Waals surface area contributed by atoms with Gasteiger partial charge in [-0.15, -0.1) is 0 Å². The van der Waals surface area contributed by atoms with Crippen LogP contribution in [-0.2, 0) is 9.53 Å². The molecule has 0 aromatic rings. The zero-order chi connectivity index (χ0) is 11.6. The Labute approximate surface area is 95.8 Å². The van der Waals surface area contributed by atoms with Crippen molar-refractivity contribution in [2.45, 2.75) is 19.4 Å². The highest BCUT2D eigenvalue weighted by molar-refractivity contribution is 5.83. The molecular formula is C11H20N2O3. The van der Waals surface area contributed by atoms with Gasteiger partial charge >= 0.3 is 0 Å². The zero-order valence-corrected chi connectivity index (χ0v) is 9.74. The molecule has 5 heteroatoms. The van der Waals surface area contributed by atoms with Crippen LogP contribution >= 0.6 is 0 Å². The number of nitrogens with one attached hydrogen (secondary N) is 1. The van der Waals surface area contributed by atoms with E-state index in [4.69, 9.17) is 4.74 Å². The molecule has 0 saturated carbocycles. The third-order valence-electron chi connectivity index (χ3n) is 3.58. The van der Waals surface area contributed by atoms with Gasteiger partial charge in [0, 0.05) is 13.1 Å². The molecule has 5 nitrogen and oxygen atoms in total. The number of hydrogen-bond donors (Lipinski definition) is 2. The molecule has 0 aliphatic carbocycles. The van der Waals surface area contributed by atoms with Crippen LogP contribution in [0.15, 0.2) is 0 Å². The van der Waals surface area contributed by atoms with Gasteiger partial charge in [-0.2, -0.15) is 0 Å². The summed E-state index contributed by atoms with van der Waals surface area (Å²) in [5.41, 5.74) is -0.301. The predicted octanol–water partition coefficient (Wildman–Crippen LogP) is -0.794. The average Bonchev–Trinajstić information content (AvgIpc) is 2.76. The van der Waals surface area contributed by atoms with E-state index >= 15 is 0 Å². The van der Waals surface area contributed by atoms with Gasteiger partial charge in [0.1, 0.15) is 0 Å². The minimum atomic E-state index is -0.301. The van der Waals surface area contributed by atoms with E-state index in [0.717, 1.165) is 19.5 Å². The molecule has 0 aromatic carbocycles. The van der Waals surface area contributed by atoms with Gasteiger partial charge < -0.3 is 20.1 Å². The van der Waals surface area contributed by atoms with E-state index in [9.17, 15) is 9.90 Å². The van der Waals surface area contributed by atoms with Crippen molar-refractivity contribution in [2.75, 3.05) is 39.5 Å². The molecule has 2 fully saturated rings. The second-order valence-corrected chi connectivity index (χ2v) is 4.90. The van der Waals surface area contributed by atoms with E-state index in [1.165, 1.54) is 0 Å². The third kappa shape index (κ3) is 2.07. The van der Waals surface area contributed by atoms with Crippen LogP contribution in [0.2, 0.25) is 0 Å². The van der Waals surface area contributed by atoms with E-state index in [1.54, 1.807) is 4.90 Å². The highest BCUT2D eigenvalue weighted by Gasteiger charge is 2.41. The molecule has 92 valence electrons. The highest BCUT2D eigenvalue weighted by Crippen LogP contribution is 2.28. The molecule has 2 atom stereocenters. The third-order valence-corrected chi connectivity index (χ3v) is 3.58. The predicted molar refractivity (Wildman–Crippen MR) is 59.0 cm³/mol. The van der Waals surface area contributed by atoms with Crippen molar-refractivity contribution in [2.24, 2.45) is 5.41 Å². The zero-order valence-electron chi connectivity index (χ0n) is 9.74. The molecule has 2 rings (SSSR count). The van der Waals surface area contributed by atoms with Crippen LogP contribution in [0.4, 0.5) is 0 Å². The largest absolute Gasteiger partial charge is 0.394 e. The van der Waals surface area contributed by atoms with E-state index < -0.39 is 0 Å². The number of carbonyl (C=O) groups is 1. The molecular weight excluding hydrogens is 208 g/mol. The first-order chi connectivity index (χ1) is 7.67. The number of carbonyl (C=O) groups excluding carboxylic acids is 1. The van der Waals surface area contributed by atoms with E-state index in [1.807, 2.05) is 6.92 Å². The van der Waals surface area contributed by atoms with Crippen LogP contribution in [-0.4, -0.2) is 61.4 Å². The Morgan fingerprint density at radius 3 is 3.12 bits per heavy atom. The molecule has 2 N–H and O–H groups in total. The highest BCUT2D eigenvalue weighted by atomic mass is 16.5. The Hall–Kier alpha value is -0.650. The van der Waals surface area contributed by atoms with Gasteiger partial charge in [0.2, 0.25) is 5.91 Å². The van der Waals surface area contributed by atoms with Crippen molar-refractivity contribution in [1.29, 1.82) is 0 Å². The Kier molecular flexibility index (Phi) is 3.47. The second kappa shape index (κ2) is 4.69. The van der Waals surface area contributed by atoms with Gasteiger partial charge in [0.15, 0.2) is 0 Å². The Bertz CT molecular complexity index is 264. The number of amides is 1. The molecule has 0 radical (unpaired) electrons. The molecule has 0 aromatic heterocycles. The number of morpholine rings is 1. The standard InChI is InChI=1S/C11H20N2O3/c1-11(2-3-12-8-11)10(15)13-4-5-16-7-9(13)6-14/h9,12,14H,2-8H2,1H3. The molecule has 0 bridgehead atoms. The average molecular weight is 228 g/mol. The molecule has 2 aliphatic rings. The SMILES string of the molecule is CC1(C(=O)N2CCOCC2CO)CCNC1. The number of rotatable bonds is 2.